The molecule has 0 aliphatic rings. The molecule has 0 aliphatic heterocycles. The fourth-order valence-corrected chi connectivity index (χ4v) is 0.680. The van der Waals surface area contributed by atoms with Gasteiger partial charge in [-0.1, -0.05) is 6.92 Å². The van der Waals surface area contributed by atoms with E-state index in [1.54, 1.807) is 20.1 Å². The number of rotatable bonds is 4. The molecule has 0 fully saturated rings. The van der Waals surface area contributed by atoms with Gasteiger partial charge in [0.1, 0.15) is 6.04 Å². The minimum atomic E-state index is -0.632. The van der Waals surface area contributed by atoms with Gasteiger partial charge >= 0.3 is 0 Å². The van der Waals surface area contributed by atoms with Crippen molar-refractivity contribution < 1.29 is 14.4 Å². The van der Waals surface area contributed by atoms with E-state index < -0.39 is 6.04 Å². The van der Waals surface area contributed by atoms with E-state index >= 15 is 0 Å². The van der Waals surface area contributed by atoms with Crippen molar-refractivity contribution in [3.8, 4) is 0 Å². The molecule has 0 aromatic heterocycles. The molecular formula is C7H12NO3. The normalized spacial score (nSPS) is 12.3. The molecule has 0 aromatic carbocycles. The van der Waals surface area contributed by atoms with Crippen LogP contribution in [0.5, 0.6) is 0 Å². The van der Waals surface area contributed by atoms with Crippen LogP contribution in [0.1, 0.15) is 20.3 Å². The lowest BCUT2D eigenvalue weighted by Crippen LogP contribution is -2.38. The van der Waals surface area contributed by atoms with Crippen LogP contribution in [-0.2, 0) is 14.4 Å². The van der Waals surface area contributed by atoms with Gasteiger partial charge < -0.3 is 0 Å². The second-order valence-corrected chi connectivity index (χ2v) is 2.05. The molecule has 4 heteroatoms. The Morgan fingerprint density at radius 3 is 2.55 bits per heavy atom. The van der Waals surface area contributed by atoms with E-state index in [-0.39, 0.29) is 5.91 Å². The van der Waals surface area contributed by atoms with Crippen molar-refractivity contribution in [2.24, 2.45) is 0 Å². The van der Waals surface area contributed by atoms with E-state index in [1.807, 2.05) is 0 Å². The fraction of sp³-hybridized carbons (Fsp3) is 0.714. The maximum absolute atomic E-state index is 11.0. The van der Waals surface area contributed by atoms with Gasteiger partial charge in [0.15, 0.2) is 0 Å². The number of hydroxylamine groups is 2. The van der Waals surface area contributed by atoms with Gasteiger partial charge in [-0.3, -0.25) is 14.4 Å². The Balaban J connectivity index is 4.14. The van der Waals surface area contributed by atoms with Gasteiger partial charge in [0.25, 0.3) is 0 Å². The molecule has 0 heterocycles. The number of carbonyl (C=O) groups excluding carboxylic acids is 2. The molecule has 0 aromatic rings. The number of hydrogen-bond donors (Lipinski definition) is 0. The zero-order valence-corrected chi connectivity index (χ0v) is 6.96. The van der Waals surface area contributed by atoms with E-state index in [2.05, 4.69) is 4.84 Å². The molecule has 1 unspecified atom stereocenters. The fourth-order valence-electron chi connectivity index (χ4n) is 0.680. The Bertz CT molecular complexity index is 147. The topological polar surface area (TPSA) is 46.6 Å². The van der Waals surface area contributed by atoms with Crippen molar-refractivity contribution in [1.82, 2.24) is 5.06 Å². The predicted molar refractivity (Wildman–Crippen MR) is 39.3 cm³/mol. The van der Waals surface area contributed by atoms with Crippen molar-refractivity contribution in [3.63, 3.8) is 0 Å². The van der Waals surface area contributed by atoms with E-state index in [1.165, 1.54) is 7.11 Å². The van der Waals surface area contributed by atoms with Gasteiger partial charge in [0, 0.05) is 6.42 Å². The maximum atomic E-state index is 11.0. The number of amides is 1. The summed E-state index contributed by atoms with van der Waals surface area (Å²) in [4.78, 5) is 25.8. The Morgan fingerprint density at radius 2 is 2.27 bits per heavy atom. The monoisotopic (exact) mass is 158 g/mol. The van der Waals surface area contributed by atoms with Crippen LogP contribution < -0.4 is 0 Å². The van der Waals surface area contributed by atoms with Crippen LogP contribution >= 0.6 is 0 Å². The molecule has 0 N–H and O–H groups in total. The molecule has 0 saturated carbocycles. The largest absolute Gasteiger partial charge is 0.288 e. The van der Waals surface area contributed by atoms with Crippen molar-refractivity contribution in [2.45, 2.75) is 26.3 Å². The first-order valence-electron chi connectivity index (χ1n) is 3.41. The van der Waals surface area contributed by atoms with E-state index in [0.717, 1.165) is 5.06 Å². The van der Waals surface area contributed by atoms with Gasteiger partial charge in [0.2, 0.25) is 12.2 Å². The molecule has 4 nitrogen and oxygen atoms in total. The molecule has 1 atom stereocenters. The van der Waals surface area contributed by atoms with Gasteiger partial charge in [-0.15, -0.1) is 0 Å². The number of carbonyl (C=O) groups is 1. The lowest BCUT2D eigenvalue weighted by molar-refractivity contribution is -0.180. The summed E-state index contributed by atoms with van der Waals surface area (Å²) in [6.07, 6.45) is 1.98. The van der Waals surface area contributed by atoms with Gasteiger partial charge in [-0.25, -0.2) is 5.06 Å². The van der Waals surface area contributed by atoms with Crippen molar-refractivity contribution in [1.29, 1.82) is 0 Å². The first-order valence-corrected chi connectivity index (χ1v) is 3.41. The average Bonchev–Trinajstić information content (AvgIpc) is 2.05. The lowest BCUT2D eigenvalue weighted by atomic mass is 10.3. The summed E-state index contributed by atoms with van der Waals surface area (Å²) in [5.74, 6) is -0.219. The quantitative estimate of drug-likeness (QED) is 0.552. The van der Waals surface area contributed by atoms with Crippen molar-refractivity contribution >= 4 is 12.2 Å². The van der Waals surface area contributed by atoms with Crippen LogP contribution in [0, 0.1) is 0 Å². The van der Waals surface area contributed by atoms with Gasteiger partial charge in [0.05, 0.1) is 7.11 Å². The zero-order chi connectivity index (χ0) is 8.85. The summed E-state index contributed by atoms with van der Waals surface area (Å²) in [5, 5.41) is 1.01. The Kier molecular flexibility index (Phi) is 4.45. The molecule has 0 rings (SSSR count). The van der Waals surface area contributed by atoms with E-state index in [0.29, 0.717) is 6.42 Å². The standard InChI is InChI=1S/C7H12NO3/c1-4-7(10)8(11-3)6(2)5-9/h6H,4H2,1-3H3. The van der Waals surface area contributed by atoms with Gasteiger partial charge in [-0.2, -0.15) is 0 Å². The summed E-state index contributed by atoms with van der Waals surface area (Å²) in [6, 6.07) is -0.632. The summed E-state index contributed by atoms with van der Waals surface area (Å²) >= 11 is 0. The molecule has 0 aliphatic carbocycles. The molecule has 1 amide bonds. The third-order valence-electron chi connectivity index (χ3n) is 1.27. The minimum absolute atomic E-state index is 0.219. The first kappa shape index (κ1) is 10.1. The summed E-state index contributed by atoms with van der Waals surface area (Å²) in [5.41, 5.74) is 0. The third-order valence-corrected chi connectivity index (χ3v) is 1.27. The molecule has 0 bridgehead atoms. The van der Waals surface area contributed by atoms with E-state index in [4.69, 9.17) is 0 Å². The van der Waals surface area contributed by atoms with Crippen LogP contribution in [0.3, 0.4) is 0 Å². The number of nitrogens with zero attached hydrogens (tertiary/aromatic N) is 1. The SMILES string of the molecule is CCC(=O)N(OC)C(C)[C]=O. The number of hydrogen-bond acceptors (Lipinski definition) is 3. The smallest absolute Gasteiger partial charge is 0.246 e. The minimum Gasteiger partial charge on any atom is -0.288 e. The highest BCUT2D eigenvalue weighted by molar-refractivity contribution is 5.78. The predicted octanol–water partition coefficient (Wildman–Crippen LogP) is 0.285. The van der Waals surface area contributed by atoms with Gasteiger partial charge in [-0.05, 0) is 6.92 Å². The average molecular weight is 158 g/mol. The molecule has 63 valence electrons. The lowest BCUT2D eigenvalue weighted by Gasteiger charge is -2.20. The van der Waals surface area contributed by atoms with Crippen LogP contribution in [0.15, 0.2) is 0 Å². The zero-order valence-electron chi connectivity index (χ0n) is 6.96. The summed E-state index contributed by atoms with van der Waals surface area (Å²) < 4.78 is 0. The Morgan fingerprint density at radius 1 is 1.73 bits per heavy atom. The highest BCUT2D eigenvalue weighted by atomic mass is 16.7. The molecule has 0 spiro atoms. The van der Waals surface area contributed by atoms with Crippen LogP contribution in [0.4, 0.5) is 0 Å². The van der Waals surface area contributed by atoms with E-state index in [9.17, 15) is 9.59 Å². The second kappa shape index (κ2) is 4.85. The molecule has 1 radical (unpaired) electrons. The van der Waals surface area contributed by atoms with Crippen LogP contribution in [-0.4, -0.2) is 30.4 Å². The summed E-state index contributed by atoms with van der Waals surface area (Å²) in [6.45, 7) is 3.25. The molecular weight excluding hydrogens is 146 g/mol. The summed E-state index contributed by atoms with van der Waals surface area (Å²) in [7, 11) is 1.35. The first-order chi connectivity index (χ1) is 5.17. The highest BCUT2D eigenvalue weighted by Crippen LogP contribution is 1.99. The van der Waals surface area contributed by atoms with Crippen molar-refractivity contribution in [2.75, 3.05) is 7.11 Å². The van der Waals surface area contributed by atoms with Crippen LogP contribution in [0.25, 0.3) is 0 Å². The third kappa shape index (κ3) is 2.67. The second-order valence-electron chi connectivity index (χ2n) is 2.05. The maximum Gasteiger partial charge on any atom is 0.246 e. The Labute approximate surface area is 66.1 Å². The Hall–Kier alpha value is -0.900. The van der Waals surface area contributed by atoms with Crippen LogP contribution in [0.2, 0.25) is 0 Å². The van der Waals surface area contributed by atoms with Crippen molar-refractivity contribution in [3.05, 3.63) is 0 Å². The molecule has 0 saturated heterocycles. The molecule has 11 heavy (non-hydrogen) atoms. The highest BCUT2D eigenvalue weighted by Gasteiger charge is 2.17.